The molecule has 1 fully saturated rings. The van der Waals surface area contributed by atoms with E-state index in [4.69, 9.17) is 0 Å². The molecule has 2 aromatic heterocycles. The predicted octanol–water partition coefficient (Wildman–Crippen LogP) is 1.92. The second-order valence-electron chi connectivity index (χ2n) is 6.11. The lowest BCUT2D eigenvalue weighted by Crippen LogP contribution is -2.36. The number of nitrogens with one attached hydrogen (secondary N) is 2. The van der Waals surface area contributed by atoms with Gasteiger partial charge in [-0.15, -0.1) is 0 Å². The fourth-order valence-corrected chi connectivity index (χ4v) is 3.88. The Balaban J connectivity index is 1.48. The summed E-state index contributed by atoms with van der Waals surface area (Å²) in [5.74, 6) is 2.55. The van der Waals surface area contributed by atoms with Gasteiger partial charge < -0.3 is 15.2 Å². The zero-order chi connectivity index (χ0) is 17.9. The number of hydrogen-bond donors (Lipinski definition) is 2. The first kappa shape index (κ1) is 16.7. The maximum atomic E-state index is 12.4. The summed E-state index contributed by atoms with van der Waals surface area (Å²) in [7, 11) is 0. The Labute approximate surface area is 154 Å². The van der Waals surface area contributed by atoms with Crippen LogP contribution in [0, 0.1) is 0 Å². The number of fused-ring (bicyclic) bond motifs is 1. The van der Waals surface area contributed by atoms with Crippen molar-refractivity contribution in [3.63, 3.8) is 0 Å². The number of carbonyl (C=O) groups excluding carboxylic acids is 1. The topological polar surface area (TPSA) is 83.0 Å². The van der Waals surface area contributed by atoms with Crippen LogP contribution >= 0.6 is 11.8 Å². The summed E-state index contributed by atoms with van der Waals surface area (Å²) >= 11 is 1.91. The molecule has 1 aromatic carbocycles. The van der Waals surface area contributed by atoms with Gasteiger partial charge in [0.05, 0.1) is 0 Å². The van der Waals surface area contributed by atoms with Gasteiger partial charge in [-0.25, -0.2) is 4.68 Å². The summed E-state index contributed by atoms with van der Waals surface area (Å²) in [6.07, 6.45) is 1.85. The lowest BCUT2D eigenvalue weighted by molar-refractivity contribution is -0.117. The van der Waals surface area contributed by atoms with Crippen LogP contribution in [0.5, 0.6) is 0 Å². The van der Waals surface area contributed by atoms with Gasteiger partial charge in [-0.3, -0.25) is 9.59 Å². The van der Waals surface area contributed by atoms with Crippen molar-refractivity contribution >= 4 is 40.1 Å². The molecular weight excluding hydrogens is 350 g/mol. The molecule has 0 spiro atoms. The van der Waals surface area contributed by atoms with Crippen LogP contribution in [0.2, 0.25) is 0 Å². The molecule has 0 radical (unpaired) electrons. The van der Waals surface area contributed by atoms with Gasteiger partial charge in [0, 0.05) is 48.1 Å². The van der Waals surface area contributed by atoms with E-state index in [2.05, 4.69) is 20.3 Å². The van der Waals surface area contributed by atoms with Crippen LogP contribution in [0.3, 0.4) is 0 Å². The van der Waals surface area contributed by atoms with Crippen LogP contribution in [-0.2, 0) is 11.3 Å². The number of benzene rings is 1. The first-order valence-electron chi connectivity index (χ1n) is 8.47. The van der Waals surface area contributed by atoms with E-state index in [-0.39, 0.29) is 18.0 Å². The number of amides is 1. The van der Waals surface area contributed by atoms with Crippen LogP contribution in [0.4, 0.5) is 11.5 Å². The highest BCUT2D eigenvalue weighted by Gasteiger charge is 2.14. The summed E-state index contributed by atoms with van der Waals surface area (Å²) < 4.78 is 1.22. The molecule has 0 aliphatic carbocycles. The van der Waals surface area contributed by atoms with E-state index >= 15 is 0 Å². The van der Waals surface area contributed by atoms with Crippen LogP contribution in [0.1, 0.15) is 0 Å². The Morgan fingerprint density at radius 1 is 1.19 bits per heavy atom. The van der Waals surface area contributed by atoms with Gasteiger partial charge in [0.15, 0.2) is 0 Å². The molecule has 134 valence electrons. The van der Waals surface area contributed by atoms with Crippen molar-refractivity contribution in [3.05, 3.63) is 52.9 Å². The minimum atomic E-state index is -0.282. The molecular formula is C18H19N5O2S. The first-order valence-corrected chi connectivity index (χ1v) is 9.62. The highest BCUT2D eigenvalue weighted by molar-refractivity contribution is 7.99. The standard InChI is InChI=1S/C18H19N5O2S/c24-17(20-14-2-1-13-5-6-19-15(13)11-14)12-23-18(25)4-3-16(21-23)22-7-9-26-10-8-22/h1-6,11,19H,7-10,12H2,(H,20,24). The molecule has 3 heterocycles. The van der Waals surface area contributed by atoms with E-state index in [1.54, 1.807) is 6.07 Å². The number of anilines is 2. The van der Waals surface area contributed by atoms with E-state index < -0.39 is 0 Å². The monoisotopic (exact) mass is 369 g/mol. The maximum absolute atomic E-state index is 12.4. The summed E-state index contributed by atoms with van der Waals surface area (Å²) in [4.78, 5) is 29.7. The quantitative estimate of drug-likeness (QED) is 0.734. The van der Waals surface area contributed by atoms with Crippen LogP contribution < -0.4 is 15.8 Å². The number of rotatable bonds is 4. The van der Waals surface area contributed by atoms with Gasteiger partial charge in [-0.1, -0.05) is 6.07 Å². The van der Waals surface area contributed by atoms with Crippen molar-refractivity contribution < 1.29 is 4.79 Å². The number of nitrogens with zero attached hydrogens (tertiary/aromatic N) is 3. The molecule has 26 heavy (non-hydrogen) atoms. The zero-order valence-corrected chi connectivity index (χ0v) is 15.0. The Hall–Kier alpha value is -2.74. The van der Waals surface area contributed by atoms with Crippen molar-refractivity contribution in [2.24, 2.45) is 0 Å². The average Bonchev–Trinajstić information content (AvgIpc) is 3.12. The average molecular weight is 369 g/mol. The smallest absolute Gasteiger partial charge is 0.267 e. The Bertz CT molecular complexity index is 990. The zero-order valence-electron chi connectivity index (χ0n) is 14.1. The molecule has 0 bridgehead atoms. The highest BCUT2D eigenvalue weighted by atomic mass is 32.2. The van der Waals surface area contributed by atoms with E-state index in [9.17, 15) is 9.59 Å². The van der Waals surface area contributed by atoms with E-state index in [1.807, 2.05) is 42.2 Å². The van der Waals surface area contributed by atoms with Gasteiger partial charge >= 0.3 is 0 Å². The molecule has 2 N–H and O–H groups in total. The van der Waals surface area contributed by atoms with E-state index in [0.717, 1.165) is 41.3 Å². The number of hydrogen-bond acceptors (Lipinski definition) is 5. The normalized spacial score (nSPS) is 14.5. The summed E-state index contributed by atoms with van der Waals surface area (Å²) in [5.41, 5.74) is 1.35. The first-order chi connectivity index (χ1) is 12.7. The van der Waals surface area contributed by atoms with Gasteiger partial charge in [0.25, 0.3) is 5.56 Å². The lowest BCUT2D eigenvalue weighted by atomic mass is 10.2. The third-order valence-electron chi connectivity index (χ3n) is 4.32. The molecule has 0 unspecified atom stereocenters. The largest absolute Gasteiger partial charge is 0.361 e. The molecule has 1 aliphatic rings. The number of aromatic nitrogens is 3. The number of H-pyrrole nitrogens is 1. The van der Waals surface area contributed by atoms with Crippen molar-refractivity contribution in [3.8, 4) is 0 Å². The summed E-state index contributed by atoms with van der Waals surface area (Å²) in [6.45, 7) is 1.69. The van der Waals surface area contributed by atoms with E-state index in [0.29, 0.717) is 5.69 Å². The predicted molar refractivity (Wildman–Crippen MR) is 105 cm³/mol. The third-order valence-corrected chi connectivity index (χ3v) is 5.26. The minimum Gasteiger partial charge on any atom is -0.361 e. The fraction of sp³-hybridized carbons (Fsp3) is 0.278. The maximum Gasteiger partial charge on any atom is 0.267 e. The van der Waals surface area contributed by atoms with Crippen LogP contribution in [0.15, 0.2) is 47.4 Å². The second-order valence-corrected chi connectivity index (χ2v) is 7.34. The van der Waals surface area contributed by atoms with Crippen molar-refractivity contribution in [2.45, 2.75) is 6.54 Å². The van der Waals surface area contributed by atoms with Gasteiger partial charge in [-0.2, -0.15) is 16.9 Å². The molecule has 1 amide bonds. The highest BCUT2D eigenvalue weighted by Crippen LogP contribution is 2.18. The van der Waals surface area contributed by atoms with E-state index in [1.165, 1.54) is 10.7 Å². The van der Waals surface area contributed by atoms with Crippen LogP contribution in [-0.4, -0.2) is 45.3 Å². The Morgan fingerprint density at radius 3 is 2.88 bits per heavy atom. The molecule has 7 nitrogen and oxygen atoms in total. The molecule has 1 aliphatic heterocycles. The summed E-state index contributed by atoms with van der Waals surface area (Å²) in [6, 6.07) is 10.8. The van der Waals surface area contributed by atoms with Gasteiger partial charge in [-0.05, 0) is 29.7 Å². The van der Waals surface area contributed by atoms with Crippen molar-refractivity contribution in [2.75, 3.05) is 34.8 Å². The fourth-order valence-electron chi connectivity index (χ4n) is 2.97. The number of aromatic amines is 1. The SMILES string of the molecule is O=C(Cn1nc(N2CCSCC2)ccc1=O)Nc1ccc2cc[nH]c2c1. The third kappa shape index (κ3) is 3.60. The molecule has 1 saturated heterocycles. The molecule has 4 rings (SSSR count). The molecule has 3 aromatic rings. The second kappa shape index (κ2) is 7.25. The van der Waals surface area contributed by atoms with Gasteiger partial charge in [0.1, 0.15) is 12.4 Å². The summed E-state index contributed by atoms with van der Waals surface area (Å²) in [5, 5.41) is 8.27. The molecule has 8 heteroatoms. The molecule has 0 atom stereocenters. The van der Waals surface area contributed by atoms with Crippen LogP contribution in [0.25, 0.3) is 10.9 Å². The van der Waals surface area contributed by atoms with Crippen molar-refractivity contribution in [1.29, 1.82) is 0 Å². The lowest BCUT2D eigenvalue weighted by Gasteiger charge is -2.27. The number of carbonyl (C=O) groups is 1. The Morgan fingerprint density at radius 2 is 2.04 bits per heavy atom. The van der Waals surface area contributed by atoms with Gasteiger partial charge in [0.2, 0.25) is 5.91 Å². The number of thioether (sulfide) groups is 1. The minimum absolute atomic E-state index is 0.113. The Kier molecular flexibility index (Phi) is 4.66. The molecule has 0 saturated carbocycles. The van der Waals surface area contributed by atoms with Crippen molar-refractivity contribution in [1.82, 2.24) is 14.8 Å².